The maximum atomic E-state index is 9.43. The standard InChI is InChI=1S/C29H38N4O2/c1-29(14-6-7-15-29)28-30-25-11-10-22(32(2)18-19-34)20-24(25)27(31-28)33-16-12-21(13-17-33)23-8-4-5-9-26(23)35-3/h4-5,8-11,20-21,34H,6-7,12-19H2,1-3H3. The van der Waals surface area contributed by atoms with Crippen LogP contribution in [0.15, 0.2) is 42.5 Å². The third-order valence-electron chi connectivity index (χ3n) is 8.16. The number of nitrogens with zero attached hydrogens (tertiary/aromatic N) is 4. The Labute approximate surface area is 208 Å². The second kappa shape index (κ2) is 10.0. The minimum absolute atomic E-state index is 0.0605. The average molecular weight is 475 g/mol. The van der Waals surface area contributed by atoms with E-state index in [4.69, 9.17) is 14.7 Å². The van der Waals surface area contributed by atoms with Gasteiger partial charge in [-0.3, -0.25) is 0 Å². The van der Waals surface area contributed by atoms with Crippen LogP contribution in [0.4, 0.5) is 11.5 Å². The monoisotopic (exact) mass is 474 g/mol. The smallest absolute Gasteiger partial charge is 0.140 e. The lowest BCUT2D eigenvalue weighted by atomic mass is 9.87. The van der Waals surface area contributed by atoms with Crippen molar-refractivity contribution in [2.75, 3.05) is 50.2 Å². The molecule has 2 heterocycles. The number of benzene rings is 2. The number of hydrogen-bond acceptors (Lipinski definition) is 6. The van der Waals surface area contributed by atoms with E-state index in [9.17, 15) is 5.11 Å². The van der Waals surface area contributed by atoms with Gasteiger partial charge in [0.15, 0.2) is 0 Å². The zero-order chi connectivity index (χ0) is 24.4. The molecular formula is C29H38N4O2. The van der Waals surface area contributed by atoms with Crippen LogP contribution in [0.25, 0.3) is 10.9 Å². The Morgan fingerprint density at radius 2 is 1.83 bits per heavy atom. The number of aliphatic hydroxyl groups excluding tert-OH is 1. The predicted octanol–water partition coefficient (Wildman–Crippen LogP) is 5.28. The Kier molecular flexibility index (Phi) is 6.83. The fourth-order valence-electron chi connectivity index (χ4n) is 5.91. The van der Waals surface area contributed by atoms with Gasteiger partial charge in [-0.15, -0.1) is 0 Å². The van der Waals surface area contributed by atoms with Crippen molar-refractivity contribution in [1.29, 1.82) is 0 Å². The summed E-state index contributed by atoms with van der Waals surface area (Å²) in [5, 5.41) is 10.5. The van der Waals surface area contributed by atoms with Crippen LogP contribution in [0.1, 0.15) is 62.8 Å². The number of fused-ring (bicyclic) bond motifs is 1. The van der Waals surface area contributed by atoms with Gasteiger partial charge in [-0.05, 0) is 61.4 Å². The van der Waals surface area contributed by atoms with E-state index in [1.165, 1.54) is 18.4 Å². The largest absolute Gasteiger partial charge is 0.496 e. The van der Waals surface area contributed by atoms with Gasteiger partial charge >= 0.3 is 0 Å². The zero-order valence-electron chi connectivity index (χ0n) is 21.3. The van der Waals surface area contributed by atoms with E-state index in [0.29, 0.717) is 12.5 Å². The summed E-state index contributed by atoms with van der Waals surface area (Å²) in [6.07, 6.45) is 6.96. The summed E-state index contributed by atoms with van der Waals surface area (Å²) in [7, 11) is 3.78. The molecule has 0 radical (unpaired) electrons. The molecule has 0 spiro atoms. The first kappa shape index (κ1) is 23.9. The molecule has 6 nitrogen and oxygen atoms in total. The number of para-hydroxylation sites is 1. The highest BCUT2D eigenvalue weighted by molar-refractivity contribution is 5.92. The molecule has 35 heavy (non-hydrogen) atoms. The molecule has 5 rings (SSSR count). The van der Waals surface area contributed by atoms with Gasteiger partial charge in [-0.1, -0.05) is 38.0 Å². The maximum absolute atomic E-state index is 9.43. The normalized spacial score (nSPS) is 18.2. The van der Waals surface area contributed by atoms with Gasteiger partial charge in [0.2, 0.25) is 0 Å². The van der Waals surface area contributed by atoms with Crippen molar-refractivity contribution < 1.29 is 9.84 Å². The number of likely N-dealkylation sites (N-methyl/N-ethyl adjacent to an activating group) is 1. The summed E-state index contributed by atoms with van der Waals surface area (Å²) in [5.41, 5.74) is 3.48. The van der Waals surface area contributed by atoms with E-state index in [1.807, 2.05) is 13.1 Å². The summed E-state index contributed by atoms with van der Waals surface area (Å²) in [6, 6.07) is 14.9. The molecule has 2 aliphatic rings. The van der Waals surface area contributed by atoms with Crippen LogP contribution in [-0.2, 0) is 5.41 Å². The molecule has 1 aliphatic heterocycles. The van der Waals surface area contributed by atoms with Crippen LogP contribution >= 0.6 is 0 Å². The summed E-state index contributed by atoms with van der Waals surface area (Å²) >= 11 is 0. The van der Waals surface area contributed by atoms with Crippen molar-refractivity contribution in [2.45, 2.75) is 56.8 Å². The van der Waals surface area contributed by atoms with Crippen molar-refractivity contribution in [2.24, 2.45) is 0 Å². The average Bonchev–Trinajstić information content (AvgIpc) is 3.35. The van der Waals surface area contributed by atoms with Crippen LogP contribution in [0.3, 0.4) is 0 Å². The van der Waals surface area contributed by atoms with Gasteiger partial charge in [-0.25, -0.2) is 9.97 Å². The van der Waals surface area contributed by atoms with Gasteiger partial charge in [0.1, 0.15) is 17.4 Å². The van der Waals surface area contributed by atoms with E-state index in [1.54, 1.807) is 7.11 Å². The SMILES string of the molecule is COc1ccccc1C1CCN(c2nc(C3(C)CCCC3)nc3ccc(N(C)CCO)cc23)CC1. The van der Waals surface area contributed by atoms with E-state index in [2.05, 4.69) is 53.1 Å². The van der Waals surface area contributed by atoms with E-state index < -0.39 is 0 Å². The van der Waals surface area contributed by atoms with Crippen LogP contribution in [0, 0.1) is 0 Å². The van der Waals surface area contributed by atoms with Crippen molar-refractivity contribution in [3.63, 3.8) is 0 Å². The van der Waals surface area contributed by atoms with Crippen LogP contribution in [-0.4, -0.2) is 55.5 Å². The van der Waals surface area contributed by atoms with Crippen molar-refractivity contribution >= 4 is 22.4 Å². The number of piperidine rings is 1. The molecule has 3 aromatic rings. The van der Waals surface area contributed by atoms with E-state index in [0.717, 1.165) is 72.8 Å². The molecular weight excluding hydrogens is 436 g/mol. The molecule has 186 valence electrons. The van der Waals surface area contributed by atoms with Crippen molar-refractivity contribution in [3.05, 3.63) is 53.9 Å². The lowest BCUT2D eigenvalue weighted by Gasteiger charge is -2.35. The Bertz CT molecular complexity index is 1170. The predicted molar refractivity (Wildman–Crippen MR) is 143 cm³/mol. The Balaban J connectivity index is 1.50. The number of aromatic nitrogens is 2. The second-order valence-electron chi connectivity index (χ2n) is 10.5. The molecule has 1 N–H and O–H groups in total. The van der Waals surface area contributed by atoms with Crippen LogP contribution < -0.4 is 14.5 Å². The number of rotatable bonds is 7. The van der Waals surface area contributed by atoms with E-state index in [-0.39, 0.29) is 12.0 Å². The van der Waals surface area contributed by atoms with Crippen molar-refractivity contribution in [3.8, 4) is 5.75 Å². The maximum Gasteiger partial charge on any atom is 0.140 e. The number of ether oxygens (including phenoxy) is 1. The second-order valence-corrected chi connectivity index (χ2v) is 10.5. The summed E-state index contributed by atoms with van der Waals surface area (Å²) in [4.78, 5) is 14.9. The molecule has 0 bridgehead atoms. The molecule has 1 saturated carbocycles. The van der Waals surface area contributed by atoms with Gasteiger partial charge in [0, 0.05) is 43.2 Å². The number of methoxy groups -OCH3 is 1. The number of anilines is 2. The third-order valence-corrected chi connectivity index (χ3v) is 8.16. The molecule has 1 aromatic heterocycles. The number of aliphatic hydroxyl groups is 1. The third kappa shape index (κ3) is 4.68. The minimum atomic E-state index is 0.0605. The quantitative estimate of drug-likeness (QED) is 0.503. The molecule has 1 aliphatic carbocycles. The van der Waals surface area contributed by atoms with Crippen LogP contribution in [0.2, 0.25) is 0 Å². The number of hydrogen-bond donors (Lipinski definition) is 1. The van der Waals surface area contributed by atoms with Gasteiger partial charge in [-0.2, -0.15) is 0 Å². The fraction of sp³-hybridized carbons (Fsp3) is 0.517. The first-order valence-corrected chi connectivity index (χ1v) is 13.0. The lowest BCUT2D eigenvalue weighted by molar-refractivity contribution is 0.304. The minimum Gasteiger partial charge on any atom is -0.496 e. The molecule has 6 heteroatoms. The molecule has 1 saturated heterocycles. The summed E-state index contributed by atoms with van der Waals surface area (Å²) < 4.78 is 5.65. The lowest BCUT2D eigenvalue weighted by Crippen LogP contribution is -2.34. The first-order chi connectivity index (χ1) is 17.0. The molecule has 0 unspecified atom stereocenters. The van der Waals surface area contributed by atoms with Crippen molar-refractivity contribution in [1.82, 2.24) is 9.97 Å². The molecule has 0 atom stereocenters. The Morgan fingerprint density at radius 3 is 2.54 bits per heavy atom. The molecule has 2 fully saturated rings. The topological polar surface area (TPSA) is 61.7 Å². The van der Waals surface area contributed by atoms with Gasteiger partial charge in [0.05, 0.1) is 19.2 Å². The van der Waals surface area contributed by atoms with Gasteiger partial charge in [0.25, 0.3) is 0 Å². The van der Waals surface area contributed by atoms with Crippen LogP contribution in [0.5, 0.6) is 5.75 Å². The van der Waals surface area contributed by atoms with Gasteiger partial charge < -0.3 is 19.6 Å². The Morgan fingerprint density at radius 1 is 1.09 bits per heavy atom. The summed E-state index contributed by atoms with van der Waals surface area (Å²) in [6.45, 7) is 4.99. The zero-order valence-corrected chi connectivity index (χ0v) is 21.3. The Hall–Kier alpha value is -2.86. The molecule has 0 amide bonds. The molecule has 2 aromatic carbocycles. The summed E-state index contributed by atoms with van der Waals surface area (Å²) in [5.74, 6) is 3.55. The highest BCUT2D eigenvalue weighted by atomic mass is 16.5. The highest BCUT2D eigenvalue weighted by Gasteiger charge is 2.35. The highest BCUT2D eigenvalue weighted by Crippen LogP contribution is 2.42. The fourth-order valence-corrected chi connectivity index (χ4v) is 5.91. The first-order valence-electron chi connectivity index (χ1n) is 13.0. The van der Waals surface area contributed by atoms with E-state index >= 15 is 0 Å².